The van der Waals surface area contributed by atoms with Gasteiger partial charge in [0.05, 0.1) is 5.92 Å². The maximum atomic E-state index is 5.49. The van der Waals surface area contributed by atoms with E-state index >= 15 is 0 Å². The van der Waals surface area contributed by atoms with Crippen LogP contribution in [0, 0.1) is 0 Å². The van der Waals surface area contributed by atoms with Gasteiger partial charge in [-0.25, -0.2) is 9.97 Å². The Labute approximate surface area is 124 Å². The van der Waals surface area contributed by atoms with Crippen molar-refractivity contribution in [3.05, 3.63) is 24.4 Å². The van der Waals surface area contributed by atoms with Gasteiger partial charge in [-0.1, -0.05) is 24.9 Å². The summed E-state index contributed by atoms with van der Waals surface area (Å²) in [6, 6.07) is 2.21. The van der Waals surface area contributed by atoms with Crippen LogP contribution in [0.15, 0.2) is 23.0 Å². The first kappa shape index (κ1) is 14.1. The van der Waals surface area contributed by atoms with Crippen molar-refractivity contribution in [2.45, 2.75) is 51.0 Å². The Bertz CT molecular complexity index is 556. The van der Waals surface area contributed by atoms with E-state index in [0.717, 1.165) is 19.4 Å². The predicted molar refractivity (Wildman–Crippen MR) is 78.6 cm³/mol. The van der Waals surface area contributed by atoms with Crippen molar-refractivity contribution >= 4 is 0 Å². The van der Waals surface area contributed by atoms with Crippen LogP contribution in [0.1, 0.15) is 50.8 Å². The molecule has 112 valence electrons. The molecule has 0 amide bonds. The number of hydrogen-bond acceptors (Lipinski definition) is 6. The van der Waals surface area contributed by atoms with Gasteiger partial charge in [0.1, 0.15) is 0 Å². The first-order valence-corrected chi connectivity index (χ1v) is 7.73. The SMILES string of the molecule is CCCNC1CCCCC1c1nc(-c2ncccn2)no1. The minimum atomic E-state index is 0.301. The highest BCUT2D eigenvalue weighted by molar-refractivity contribution is 5.40. The lowest BCUT2D eigenvalue weighted by molar-refractivity contribution is 0.263. The van der Waals surface area contributed by atoms with Crippen molar-refractivity contribution in [2.75, 3.05) is 6.54 Å². The molecule has 1 saturated carbocycles. The summed E-state index contributed by atoms with van der Waals surface area (Å²) >= 11 is 0. The Kier molecular flexibility index (Phi) is 4.55. The highest BCUT2D eigenvalue weighted by Gasteiger charge is 2.30. The van der Waals surface area contributed by atoms with E-state index in [4.69, 9.17) is 4.52 Å². The van der Waals surface area contributed by atoms with E-state index in [2.05, 4.69) is 32.3 Å². The summed E-state index contributed by atoms with van der Waals surface area (Å²) in [6.45, 7) is 3.21. The first-order chi connectivity index (χ1) is 10.4. The normalized spacial score (nSPS) is 22.3. The van der Waals surface area contributed by atoms with Crippen molar-refractivity contribution in [3.8, 4) is 11.6 Å². The molecule has 1 aliphatic carbocycles. The molecule has 2 aromatic rings. The number of nitrogens with one attached hydrogen (secondary N) is 1. The topological polar surface area (TPSA) is 76.7 Å². The summed E-state index contributed by atoms with van der Waals surface area (Å²) in [4.78, 5) is 12.8. The van der Waals surface area contributed by atoms with Crippen molar-refractivity contribution < 1.29 is 4.52 Å². The van der Waals surface area contributed by atoms with E-state index < -0.39 is 0 Å². The smallest absolute Gasteiger partial charge is 0.240 e. The summed E-state index contributed by atoms with van der Waals surface area (Å²) in [5.41, 5.74) is 0. The average Bonchev–Trinajstić information content (AvgIpc) is 3.04. The molecule has 0 radical (unpaired) electrons. The van der Waals surface area contributed by atoms with Gasteiger partial charge in [-0.15, -0.1) is 0 Å². The minimum absolute atomic E-state index is 0.301. The molecule has 2 atom stereocenters. The number of nitrogens with zero attached hydrogens (tertiary/aromatic N) is 4. The molecule has 0 aliphatic heterocycles. The van der Waals surface area contributed by atoms with Crippen molar-refractivity contribution in [2.24, 2.45) is 0 Å². The molecule has 6 heteroatoms. The van der Waals surface area contributed by atoms with E-state index in [-0.39, 0.29) is 0 Å². The molecular formula is C15H21N5O. The first-order valence-electron chi connectivity index (χ1n) is 7.73. The van der Waals surface area contributed by atoms with Crippen LogP contribution in [0.5, 0.6) is 0 Å². The number of hydrogen-bond donors (Lipinski definition) is 1. The average molecular weight is 287 g/mol. The summed E-state index contributed by atoms with van der Waals surface area (Å²) in [5.74, 6) is 2.01. The molecule has 0 bridgehead atoms. The minimum Gasteiger partial charge on any atom is -0.338 e. The lowest BCUT2D eigenvalue weighted by atomic mass is 9.84. The largest absolute Gasteiger partial charge is 0.338 e. The number of rotatable bonds is 5. The standard InChI is InChI=1S/C15H21N5O/c1-2-8-16-12-7-4-3-6-11(12)15-19-14(20-21-15)13-17-9-5-10-18-13/h5,9-12,16H,2-4,6-8H2,1H3. The lowest BCUT2D eigenvalue weighted by Crippen LogP contribution is -2.37. The monoisotopic (exact) mass is 287 g/mol. The summed E-state index contributed by atoms with van der Waals surface area (Å²) < 4.78 is 5.49. The van der Waals surface area contributed by atoms with E-state index in [0.29, 0.717) is 29.5 Å². The Morgan fingerprint density at radius 1 is 1.19 bits per heavy atom. The van der Waals surface area contributed by atoms with Crippen LogP contribution in [0.3, 0.4) is 0 Å². The summed E-state index contributed by atoms with van der Waals surface area (Å²) in [6.07, 6.45) is 9.25. The highest BCUT2D eigenvalue weighted by Crippen LogP contribution is 2.32. The second-order valence-corrected chi connectivity index (χ2v) is 5.48. The Balaban J connectivity index is 1.77. The van der Waals surface area contributed by atoms with E-state index in [1.54, 1.807) is 18.5 Å². The maximum absolute atomic E-state index is 5.49. The van der Waals surface area contributed by atoms with Crippen LogP contribution >= 0.6 is 0 Å². The molecule has 2 unspecified atom stereocenters. The van der Waals surface area contributed by atoms with Crippen LogP contribution in [-0.2, 0) is 0 Å². The zero-order valence-corrected chi connectivity index (χ0v) is 12.3. The molecule has 1 N–H and O–H groups in total. The molecular weight excluding hydrogens is 266 g/mol. The fraction of sp³-hybridized carbons (Fsp3) is 0.600. The molecule has 0 saturated heterocycles. The third-order valence-corrected chi connectivity index (χ3v) is 3.95. The van der Waals surface area contributed by atoms with Crippen LogP contribution in [0.2, 0.25) is 0 Å². The molecule has 0 aromatic carbocycles. The van der Waals surface area contributed by atoms with Crippen molar-refractivity contribution in [1.29, 1.82) is 0 Å². The Morgan fingerprint density at radius 2 is 2.00 bits per heavy atom. The predicted octanol–water partition coefficient (Wildman–Crippen LogP) is 2.55. The fourth-order valence-electron chi connectivity index (χ4n) is 2.89. The van der Waals surface area contributed by atoms with Gasteiger partial charge in [0, 0.05) is 18.4 Å². The van der Waals surface area contributed by atoms with Gasteiger partial charge in [-0.3, -0.25) is 0 Å². The van der Waals surface area contributed by atoms with Gasteiger partial charge >= 0.3 is 0 Å². The zero-order valence-electron chi connectivity index (χ0n) is 12.3. The molecule has 21 heavy (non-hydrogen) atoms. The quantitative estimate of drug-likeness (QED) is 0.910. The maximum Gasteiger partial charge on any atom is 0.240 e. The van der Waals surface area contributed by atoms with E-state index in [1.807, 2.05) is 0 Å². The van der Waals surface area contributed by atoms with Crippen LogP contribution < -0.4 is 5.32 Å². The summed E-state index contributed by atoms with van der Waals surface area (Å²) in [5, 5.41) is 7.65. The summed E-state index contributed by atoms with van der Waals surface area (Å²) in [7, 11) is 0. The van der Waals surface area contributed by atoms with Crippen molar-refractivity contribution in [3.63, 3.8) is 0 Å². The van der Waals surface area contributed by atoms with E-state index in [9.17, 15) is 0 Å². The molecule has 1 aliphatic rings. The second-order valence-electron chi connectivity index (χ2n) is 5.48. The Hall–Kier alpha value is -1.82. The third kappa shape index (κ3) is 3.26. The lowest BCUT2D eigenvalue weighted by Gasteiger charge is -2.29. The zero-order chi connectivity index (χ0) is 14.5. The van der Waals surface area contributed by atoms with Gasteiger partial charge in [-0.05, 0) is 31.9 Å². The molecule has 2 heterocycles. The van der Waals surface area contributed by atoms with Gasteiger partial charge < -0.3 is 9.84 Å². The highest BCUT2D eigenvalue weighted by atomic mass is 16.5. The molecule has 6 nitrogen and oxygen atoms in total. The van der Waals surface area contributed by atoms with Crippen LogP contribution in [0.4, 0.5) is 0 Å². The number of aromatic nitrogens is 4. The van der Waals surface area contributed by atoms with Crippen LogP contribution in [0.25, 0.3) is 11.6 Å². The van der Waals surface area contributed by atoms with Gasteiger partial charge in [0.25, 0.3) is 0 Å². The van der Waals surface area contributed by atoms with Crippen LogP contribution in [-0.4, -0.2) is 32.7 Å². The second kappa shape index (κ2) is 6.76. The van der Waals surface area contributed by atoms with Gasteiger partial charge in [0.2, 0.25) is 17.5 Å². The third-order valence-electron chi connectivity index (χ3n) is 3.95. The molecule has 1 fully saturated rings. The van der Waals surface area contributed by atoms with E-state index in [1.165, 1.54) is 19.3 Å². The van der Waals surface area contributed by atoms with Crippen molar-refractivity contribution in [1.82, 2.24) is 25.4 Å². The molecule has 3 rings (SSSR count). The molecule has 2 aromatic heterocycles. The molecule has 0 spiro atoms. The van der Waals surface area contributed by atoms with Gasteiger partial charge in [-0.2, -0.15) is 4.98 Å². The van der Waals surface area contributed by atoms with Gasteiger partial charge in [0.15, 0.2) is 0 Å². The Morgan fingerprint density at radius 3 is 2.81 bits per heavy atom. The fourth-order valence-corrected chi connectivity index (χ4v) is 2.89.